The molecule has 0 N–H and O–H groups in total. The molecule has 2 aromatic rings. The second-order valence-corrected chi connectivity index (χ2v) is 4.81. The summed E-state index contributed by atoms with van der Waals surface area (Å²) in [6.07, 6.45) is 3.28. The monoisotopic (exact) mass is 256 g/mol. The topological polar surface area (TPSA) is 54.5 Å². The fraction of sp³-hybridized carbons (Fsp3) is 0.357. The van der Waals surface area contributed by atoms with Crippen LogP contribution in [0.5, 0.6) is 0 Å². The summed E-state index contributed by atoms with van der Waals surface area (Å²) < 4.78 is 15.3. The molecular formula is C14H13FN4. The molecule has 0 amide bonds. The quantitative estimate of drug-likeness (QED) is 0.848. The van der Waals surface area contributed by atoms with Crippen molar-refractivity contribution in [1.82, 2.24) is 15.0 Å². The van der Waals surface area contributed by atoms with E-state index in [-0.39, 0.29) is 5.82 Å². The summed E-state index contributed by atoms with van der Waals surface area (Å²) in [4.78, 5) is 0. The molecule has 1 aliphatic rings. The summed E-state index contributed by atoms with van der Waals surface area (Å²) in [7, 11) is 0. The molecule has 0 radical (unpaired) electrons. The van der Waals surface area contributed by atoms with Crippen molar-refractivity contribution in [2.75, 3.05) is 0 Å². The summed E-state index contributed by atoms with van der Waals surface area (Å²) >= 11 is 0. The smallest absolute Gasteiger partial charge is 0.186 e. The van der Waals surface area contributed by atoms with Gasteiger partial charge in [0.05, 0.1) is 12.2 Å². The van der Waals surface area contributed by atoms with E-state index >= 15 is 0 Å². The Balaban J connectivity index is 1.95. The van der Waals surface area contributed by atoms with Crippen molar-refractivity contribution in [3.63, 3.8) is 0 Å². The Morgan fingerprint density at radius 3 is 2.79 bits per heavy atom. The lowest BCUT2D eigenvalue weighted by Crippen LogP contribution is -2.17. The highest BCUT2D eigenvalue weighted by molar-refractivity contribution is 5.30. The minimum absolute atomic E-state index is 0.254. The van der Waals surface area contributed by atoms with Gasteiger partial charge in [0.2, 0.25) is 0 Å². The Kier molecular flexibility index (Phi) is 3.00. The molecule has 1 saturated carbocycles. The molecule has 1 fully saturated rings. The second-order valence-electron chi connectivity index (χ2n) is 4.81. The van der Waals surface area contributed by atoms with Crippen LogP contribution in [-0.4, -0.2) is 15.0 Å². The number of rotatable bonds is 3. The van der Waals surface area contributed by atoms with Gasteiger partial charge in [-0.1, -0.05) is 29.8 Å². The molecule has 5 heteroatoms. The van der Waals surface area contributed by atoms with E-state index in [4.69, 9.17) is 5.26 Å². The van der Waals surface area contributed by atoms with E-state index in [1.807, 2.05) is 0 Å². The second kappa shape index (κ2) is 4.81. The van der Waals surface area contributed by atoms with Crippen LogP contribution in [0.3, 0.4) is 0 Å². The van der Waals surface area contributed by atoms with Crippen LogP contribution in [0.4, 0.5) is 4.39 Å². The Morgan fingerprint density at radius 1 is 1.37 bits per heavy atom. The van der Waals surface area contributed by atoms with Gasteiger partial charge in [-0.2, -0.15) is 5.26 Å². The van der Waals surface area contributed by atoms with Crippen LogP contribution < -0.4 is 0 Å². The molecule has 1 aliphatic carbocycles. The maximum Gasteiger partial charge on any atom is 0.186 e. The summed E-state index contributed by atoms with van der Waals surface area (Å²) in [6, 6.07) is 8.69. The molecule has 19 heavy (non-hydrogen) atoms. The van der Waals surface area contributed by atoms with E-state index in [9.17, 15) is 4.39 Å². The van der Waals surface area contributed by atoms with Crippen LogP contribution in [0.25, 0.3) is 0 Å². The Labute approximate surface area is 110 Å². The van der Waals surface area contributed by atoms with Crippen molar-refractivity contribution in [3.05, 3.63) is 47.0 Å². The molecule has 96 valence electrons. The highest BCUT2D eigenvalue weighted by Gasteiger charge is 2.27. The summed E-state index contributed by atoms with van der Waals surface area (Å²) in [5.41, 5.74) is 1.80. The van der Waals surface area contributed by atoms with Crippen molar-refractivity contribution in [1.29, 1.82) is 5.26 Å². The highest BCUT2D eigenvalue weighted by atomic mass is 19.1. The number of nitriles is 1. The first-order valence-corrected chi connectivity index (χ1v) is 6.36. The lowest BCUT2D eigenvalue weighted by Gasteiger charge is -2.25. The van der Waals surface area contributed by atoms with Crippen molar-refractivity contribution in [2.45, 2.75) is 31.7 Å². The van der Waals surface area contributed by atoms with Crippen molar-refractivity contribution in [3.8, 4) is 6.07 Å². The number of hydrogen-bond donors (Lipinski definition) is 0. The number of halogens is 1. The first kappa shape index (κ1) is 11.8. The van der Waals surface area contributed by atoms with Gasteiger partial charge in [0.1, 0.15) is 11.9 Å². The largest absolute Gasteiger partial charge is 0.243 e. The van der Waals surface area contributed by atoms with E-state index in [1.165, 1.54) is 12.5 Å². The van der Waals surface area contributed by atoms with Gasteiger partial charge in [0.15, 0.2) is 5.69 Å². The van der Waals surface area contributed by atoms with Crippen LogP contribution >= 0.6 is 0 Å². The average molecular weight is 256 g/mol. The van der Waals surface area contributed by atoms with Crippen LogP contribution in [0.2, 0.25) is 0 Å². The maximum absolute atomic E-state index is 13.7. The molecule has 3 rings (SSSR count). The third-order valence-electron chi connectivity index (χ3n) is 3.65. The number of nitrogens with zero attached hydrogens (tertiary/aromatic N) is 4. The van der Waals surface area contributed by atoms with Gasteiger partial charge in [-0.25, -0.2) is 9.07 Å². The van der Waals surface area contributed by atoms with Crippen LogP contribution in [0.15, 0.2) is 24.3 Å². The third-order valence-corrected chi connectivity index (χ3v) is 3.65. The molecule has 4 nitrogen and oxygen atoms in total. The average Bonchev–Trinajstić information content (AvgIpc) is 2.73. The molecule has 1 aromatic heterocycles. The van der Waals surface area contributed by atoms with E-state index in [1.54, 1.807) is 22.9 Å². The standard InChI is InChI=1S/C14H13FN4/c15-12-7-2-1-4-11(12)9-19-14(10-5-3-6-10)13(8-16)17-18-19/h1-2,4,7,10H,3,5-6,9H2. The molecule has 0 spiro atoms. The normalized spacial score (nSPS) is 14.9. The van der Waals surface area contributed by atoms with E-state index in [0.717, 1.165) is 18.5 Å². The molecule has 0 saturated heterocycles. The highest BCUT2D eigenvalue weighted by Crippen LogP contribution is 2.37. The number of aromatic nitrogens is 3. The van der Waals surface area contributed by atoms with Gasteiger partial charge >= 0.3 is 0 Å². The molecule has 0 bridgehead atoms. The lowest BCUT2D eigenvalue weighted by atomic mass is 9.82. The predicted molar refractivity (Wildman–Crippen MR) is 66.8 cm³/mol. The first-order valence-electron chi connectivity index (χ1n) is 6.36. The van der Waals surface area contributed by atoms with E-state index < -0.39 is 0 Å². The first-order chi connectivity index (χ1) is 9.29. The van der Waals surface area contributed by atoms with Gasteiger partial charge in [-0.3, -0.25) is 0 Å². The van der Waals surface area contributed by atoms with Crippen molar-refractivity contribution in [2.24, 2.45) is 0 Å². The fourth-order valence-electron chi connectivity index (χ4n) is 2.39. The Morgan fingerprint density at radius 2 is 2.16 bits per heavy atom. The number of benzene rings is 1. The van der Waals surface area contributed by atoms with Crippen LogP contribution in [0.1, 0.15) is 42.1 Å². The fourth-order valence-corrected chi connectivity index (χ4v) is 2.39. The van der Waals surface area contributed by atoms with Gasteiger partial charge in [-0.05, 0) is 18.9 Å². The van der Waals surface area contributed by atoms with Crippen molar-refractivity contribution < 1.29 is 4.39 Å². The molecule has 0 unspecified atom stereocenters. The SMILES string of the molecule is N#Cc1nnn(Cc2ccccc2F)c1C1CCC1. The van der Waals surface area contributed by atoms with Gasteiger partial charge in [-0.15, -0.1) is 5.10 Å². The molecule has 1 heterocycles. The summed E-state index contributed by atoms with van der Waals surface area (Å²) in [5.74, 6) is 0.0903. The number of hydrogen-bond acceptors (Lipinski definition) is 3. The Bertz CT molecular complexity index is 637. The maximum atomic E-state index is 13.7. The summed E-state index contributed by atoms with van der Waals surface area (Å²) in [5, 5.41) is 17.0. The van der Waals surface area contributed by atoms with Gasteiger partial charge in [0, 0.05) is 11.5 Å². The minimum Gasteiger partial charge on any atom is -0.243 e. The molecule has 0 atom stereocenters. The predicted octanol–water partition coefficient (Wildman–Crippen LogP) is 2.60. The molecule has 1 aromatic carbocycles. The van der Waals surface area contributed by atoms with Gasteiger partial charge in [0.25, 0.3) is 0 Å². The zero-order chi connectivity index (χ0) is 13.2. The van der Waals surface area contributed by atoms with E-state index in [2.05, 4.69) is 16.4 Å². The van der Waals surface area contributed by atoms with Crippen LogP contribution in [-0.2, 0) is 6.54 Å². The molecular weight excluding hydrogens is 243 g/mol. The lowest BCUT2D eigenvalue weighted by molar-refractivity contribution is 0.390. The zero-order valence-corrected chi connectivity index (χ0v) is 10.4. The zero-order valence-electron chi connectivity index (χ0n) is 10.4. The third kappa shape index (κ3) is 2.10. The van der Waals surface area contributed by atoms with E-state index in [0.29, 0.717) is 23.7 Å². The van der Waals surface area contributed by atoms with Crippen molar-refractivity contribution >= 4 is 0 Å². The molecule has 0 aliphatic heterocycles. The Hall–Kier alpha value is -2.22. The minimum atomic E-state index is -0.254. The van der Waals surface area contributed by atoms with Crippen LogP contribution in [0, 0.1) is 17.1 Å². The van der Waals surface area contributed by atoms with Gasteiger partial charge < -0.3 is 0 Å². The summed E-state index contributed by atoms with van der Waals surface area (Å²) in [6.45, 7) is 0.327.